The summed E-state index contributed by atoms with van der Waals surface area (Å²) in [6.07, 6.45) is 3.46. The van der Waals surface area contributed by atoms with E-state index in [1.807, 2.05) is 12.1 Å². The normalized spacial score (nSPS) is 10.1. The Labute approximate surface area is 93.7 Å². The number of pyridine rings is 1. The third kappa shape index (κ3) is 2.57. The van der Waals surface area contributed by atoms with Gasteiger partial charge in [0.2, 0.25) is 0 Å². The van der Waals surface area contributed by atoms with Gasteiger partial charge in [-0.25, -0.2) is 4.39 Å². The van der Waals surface area contributed by atoms with E-state index in [9.17, 15) is 4.39 Å². The van der Waals surface area contributed by atoms with Crippen LogP contribution in [0.1, 0.15) is 11.1 Å². The Morgan fingerprint density at radius 1 is 1.31 bits per heavy atom. The molecule has 0 fully saturated rings. The van der Waals surface area contributed by atoms with Crippen molar-refractivity contribution in [3.8, 4) is 5.75 Å². The molecule has 3 heteroatoms. The molecule has 0 aliphatic rings. The maximum atomic E-state index is 13.0. The Balaban J connectivity index is 2.03. The van der Waals surface area contributed by atoms with Gasteiger partial charge >= 0.3 is 0 Å². The van der Waals surface area contributed by atoms with Crippen LogP contribution in [0.15, 0.2) is 42.7 Å². The van der Waals surface area contributed by atoms with E-state index < -0.39 is 0 Å². The molecule has 2 nitrogen and oxygen atoms in total. The number of aryl methyl sites for hydroxylation is 1. The molecular formula is C13H12FNO. The van der Waals surface area contributed by atoms with Crippen LogP contribution in [-0.4, -0.2) is 4.98 Å². The predicted octanol–water partition coefficient (Wildman–Crippen LogP) is 3.11. The van der Waals surface area contributed by atoms with E-state index in [1.54, 1.807) is 31.5 Å². The minimum absolute atomic E-state index is 0.214. The van der Waals surface area contributed by atoms with Gasteiger partial charge in [-0.1, -0.05) is 6.07 Å². The number of hydrogen-bond acceptors (Lipinski definition) is 2. The van der Waals surface area contributed by atoms with Gasteiger partial charge in [-0.2, -0.15) is 0 Å². The minimum Gasteiger partial charge on any atom is -0.489 e. The van der Waals surface area contributed by atoms with E-state index in [2.05, 4.69) is 4.98 Å². The molecule has 1 aromatic carbocycles. The number of nitrogens with zero attached hydrogens (tertiary/aromatic N) is 1. The monoisotopic (exact) mass is 217 g/mol. The molecule has 0 aliphatic heterocycles. The predicted molar refractivity (Wildman–Crippen MR) is 59.7 cm³/mol. The van der Waals surface area contributed by atoms with Crippen LogP contribution in [0.2, 0.25) is 0 Å². The average Bonchev–Trinajstić information content (AvgIpc) is 2.32. The molecule has 0 spiro atoms. The third-order valence-corrected chi connectivity index (χ3v) is 2.26. The first-order chi connectivity index (χ1) is 7.75. The van der Waals surface area contributed by atoms with Crippen molar-refractivity contribution in [2.75, 3.05) is 0 Å². The Morgan fingerprint density at radius 3 is 2.88 bits per heavy atom. The number of rotatable bonds is 3. The van der Waals surface area contributed by atoms with Crippen molar-refractivity contribution in [2.24, 2.45) is 0 Å². The second kappa shape index (κ2) is 4.75. The largest absolute Gasteiger partial charge is 0.489 e. The number of halogens is 1. The number of ether oxygens (including phenoxy) is 1. The molecule has 16 heavy (non-hydrogen) atoms. The van der Waals surface area contributed by atoms with Gasteiger partial charge in [0.05, 0.1) is 0 Å². The zero-order chi connectivity index (χ0) is 11.4. The van der Waals surface area contributed by atoms with Crippen LogP contribution in [0.5, 0.6) is 5.75 Å². The summed E-state index contributed by atoms with van der Waals surface area (Å²) in [6, 6.07) is 8.51. The van der Waals surface area contributed by atoms with Crippen molar-refractivity contribution < 1.29 is 9.13 Å². The highest BCUT2D eigenvalue weighted by molar-refractivity contribution is 5.29. The van der Waals surface area contributed by atoms with Crippen molar-refractivity contribution in [2.45, 2.75) is 13.5 Å². The molecule has 2 aromatic rings. The summed E-state index contributed by atoms with van der Waals surface area (Å²) in [7, 11) is 0. The zero-order valence-electron chi connectivity index (χ0n) is 8.98. The van der Waals surface area contributed by atoms with E-state index >= 15 is 0 Å². The summed E-state index contributed by atoms with van der Waals surface area (Å²) < 4.78 is 18.5. The molecule has 1 heterocycles. The lowest BCUT2D eigenvalue weighted by Crippen LogP contribution is -1.96. The molecule has 82 valence electrons. The van der Waals surface area contributed by atoms with Crippen LogP contribution in [-0.2, 0) is 6.61 Å². The summed E-state index contributed by atoms with van der Waals surface area (Å²) in [5.41, 5.74) is 1.58. The average molecular weight is 217 g/mol. The van der Waals surface area contributed by atoms with E-state index in [0.717, 1.165) is 5.56 Å². The van der Waals surface area contributed by atoms with Crippen molar-refractivity contribution in [3.05, 3.63) is 59.7 Å². The van der Waals surface area contributed by atoms with Crippen molar-refractivity contribution in [1.82, 2.24) is 4.98 Å². The molecule has 2 rings (SSSR count). The minimum atomic E-state index is -0.214. The maximum absolute atomic E-state index is 13.0. The van der Waals surface area contributed by atoms with E-state index in [0.29, 0.717) is 17.9 Å². The van der Waals surface area contributed by atoms with Gasteiger partial charge in [0, 0.05) is 18.0 Å². The zero-order valence-corrected chi connectivity index (χ0v) is 8.98. The molecule has 0 aliphatic carbocycles. The molecule has 0 radical (unpaired) electrons. The first-order valence-electron chi connectivity index (χ1n) is 5.03. The summed E-state index contributed by atoms with van der Waals surface area (Å²) >= 11 is 0. The first kappa shape index (κ1) is 10.6. The third-order valence-electron chi connectivity index (χ3n) is 2.26. The lowest BCUT2D eigenvalue weighted by atomic mass is 10.2. The molecule has 0 bridgehead atoms. The quantitative estimate of drug-likeness (QED) is 0.788. The Hall–Kier alpha value is -1.90. The van der Waals surface area contributed by atoms with E-state index in [4.69, 9.17) is 4.74 Å². The second-order valence-corrected chi connectivity index (χ2v) is 3.56. The molecule has 0 N–H and O–H groups in total. The molecule has 1 aromatic heterocycles. The smallest absolute Gasteiger partial charge is 0.126 e. The molecule has 0 saturated carbocycles. The van der Waals surface area contributed by atoms with Crippen LogP contribution >= 0.6 is 0 Å². The molecule has 0 unspecified atom stereocenters. The fourth-order valence-electron chi connectivity index (χ4n) is 1.36. The van der Waals surface area contributed by atoms with E-state index in [-0.39, 0.29) is 5.82 Å². The fraction of sp³-hybridized carbons (Fsp3) is 0.154. The van der Waals surface area contributed by atoms with E-state index in [1.165, 1.54) is 6.07 Å². The Kier molecular flexibility index (Phi) is 3.15. The summed E-state index contributed by atoms with van der Waals surface area (Å²) in [4.78, 5) is 3.99. The topological polar surface area (TPSA) is 22.1 Å². The van der Waals surface area contributed by atoms with Gasteiger partial charge in [0.1, 0.15) is 18.2 Å². The standard InChI is InChI=1S/C13H12FNO/c1-10-7-12(4-5-13(10)14)16-9-11-3-2-6-15-8-11/h2-8H,9H2,1H3. The lowest BCUT2D eigenvalue weighted by molar-refractivity contribution is 0.305. The highest BCUT2D eigenvalue weighted by atomic mass is 19.1. The second-order valence-electron chi connectivity index (χ2n) is 3.56. The van der Waals surface area contributed by atoms with Gasteiger partial charge in [0.15, 0.2) is 0 Å². The van der Waals surface area contributed by atoms with Gasteiger partial charge in [-0.3, -0.25) is 4.98 Å². The van der Waals surface area contributed by atoms with Crippen molar-refractivity contribution in [1.29, 1.82) is 0 Å². The summed E-state index contributed by atoms with van der Waals surface area (Å²) in [6.45, 7) is 2.16. The molecule has 0 saturated heterocycles. The Bertz CT molecular complexity index is 471. The fourth-order valence-corrected chi connectivity index (χ4v) is 1.36. The summed E-state index contributed by atoms with van der Waals surface area (Å²) in [5, 5.41) is 0. The molecule has 0 atom stereocenters. The Morgan fingerprint density at radius 2 is 2.19 bits per heavy atom. The number of benzene rings is 1. The first-order valence-corrected chi connectivity index (χ1v) is 5.03. The van der Waals surface area contributed by atoms with Crippen LogP contribution in [0.4, 0.5) is 4.39 Å². The summed E-state index contributed by atoms with van der Waals surface area (Å²) in [5.74, 6) is 0.455. The highest BCUT2D eigenvalue weighted by Gasteiger charge is 2.00. The number of hydrogen-bond donors (Lipinski definition) is 0. The molecular weight excluding hydrogens is 205 g/mol. The van der Waals surface area contributed by atoms with Crippen LogP contribution in [0.25, 0.3) is 0 Å². The van der Waals surface area contributed by atoms with Crippen LogP contribution < -0.4 is 4.74 Å². The lowest BCUT2D eigenvalue weighted by Gasteiger charge is -2.06. The van der Waals surface area contributed by atoms with Gasteiger partial charge in [-0.15, -0.1) is 0 Å². The number of aromatic nitrogens is 1. The highest BCUT2D eigenvalue weighted by Crippen LogP contribution is 2.17. The van der Waals surface area contributed by atoms with Gasteiger partial charge in [0.25, 0.3) is 0 Å². The maximum Gasteiger partial charge on any atom is 0.126 e. The van der Waals surface area contributed by atoms with Crippen molar-refractivity contribution in [3.63, 3.8) is 0 Å². The van der Waals surface area contributed by atoms with Crippen molar-refractivity contribution >= 4 is 0 Å². The van der Waals surface area contributed by atoms with Crippen LogP contribution in [0.3, 0.4) is 0 Å². The molecule has 0 amide bonds. The SMILES string of the molecule is Cc1cc(OCc2cccnc2)ccc1F. The van der Waals surface area contributed by atoms with Gasteiger partial charge in [-0.05, 0) is 36.8 Å². The van der Waals surface area contributed by atoms with Crippen LogP contribution in [0, 0.1) is 12.7 Å². The van der Waals surface area contributed by atoms with Gasteiger partial charge < -0.3 is 4.74 Å².